The highest BCUT2D eigenvalue weighted by molar-refractivity contribution is 7.92. The standard InChI is InChI=1S/C24H30Cl3N3O4S/c1-30(2)14-17-8-6-16(7-9-17)13-29-22(31)15-34-24(21-5-3-4-10-28-21)35(32,33)23-19(26)11-18(25)12-20(23)27/h6-9,11-12,21,24,28H,3-5,10,13-15H2,1-2H3,(H,29,31). The Labute approximate surface area is 222 Å². The number of carbonyl (C=O) groups excluding carboxylic acids is 1. The maximum atomic E-state index is 13.6. The molecule has 11 heteroatoms. The van der Waals surface area contributed by atoms with Crippen LogP contribution in [0.2, 0.25) is 15.1 Å². The van der Waals surface area contributed by atoms with Crippen molar-refractivity contribution in [3.8, 4) is 0 Å². The predicted molar refractivity (Wildman–Crippen MR) is 140 cm³/mol. The molecule has 0 radical (unpaired) electrons. The highest BCUT2D eigenvalue weighted by Gasteiger charge is 2.39. The van der Waals surface area contributed by atoms with Gasteiger partial charge in [-0.1, -0.05) is 65.5 Å². The minimum absolute atomic E-state index is 0.0888. The lowest BCUT2D eigenvalue weighted by Gasteiger charge is -2.31. The van der Waals surface area contributed by atoms with Crippen molar-refractivity contribution in [2.45, 2.75) is 48.7 Å². The van der Waals surface area contributed by atoms with Gasteiger partial charge in [-0.3, -0.25) is 4.79 Å². The first-order valence-corrected chi connectivity index (χ1v) is 14.0. The van der Waals surface area contributed by atoms with Crippen LogP contribution in [0.25, 0.3) is 0 Å². The average molecular weight is 563 g/mol. The predicted octanol–water partition coefficient (Wildman–Crippen LogP) is 4.28. The lowest BCUT2D eigenvalue weighted by molar-refractivity contribution is -0.126. The van der Waals surface area contributed by atoms with Crippen molar-refractivity contribution in [2.75, 3.05) is 27.2 Å². The van der Waals surface area contributed by atoms with Gasteiger partial charge in [0.25, 0.3) is 0 Å². The van der Waals surface area contributed by atoms with Crippen LogP contribution in [0.3, 0.4) is 0 Å². The lowest BCUT2D eigenvalue weighted by atomic mass is 10.1. The van der Waals surface area contributed by atoms with Crippen LogP contribution < -0.4 is 10.6 Å². The third kappa shape index (κ3) is 7.79. The zero-order valence-corrected chi connectivity index (χ0v) is 22.8. The van der Waals surface area contributed by atoms with Crippen LogP contribution in [0.4, 0.5) is 0 Å². The van der Waals surface area contributed by atoms with E-state index in [2.05, 4.69) is 15.5 Å². The van der Waals surface area contributed by atoms with Gasteiger partial charge in [0, 0.05) is 24.2 Å². The number of halogens is 3. The van der Waals surface area contributed by atoms with Gasteiger partial charge in [-0.25, -0.2) is 8.42 Å². The molecule has 2 unspecified atom stereocenters. The number of carbonyl (C=O) groups is 1. The molecule has 192 valence electrons. The van der Waals surface area contributed by atoms with Gasteiger partial charge in [0.05, 0.1) is 10.0 Å². The monoisotopic (exact) mass is 561 g/mol. The van der Waals surface area contributed by atoms with Crippen LogP contribution in [-0.2, 0) is 32.5 Å². The van der Waals surface area contributed by atoms with E-state index in [1.165, 1.54) is 17.7 Å². The topological polar surface area (TPSA) is 87.7 Å². The van der Waals surface area contributed by atoms with Crippen molar-refractivity contribution in [1.82, 2.24) is 15.5 Å². The van der Waals surface area contributed by atoms with Gasteiger partial charge in [0.1, 0.15) is 11.5 Å². The van der Waals surface area contributed by atoms with Crippen molar-refractivity contribution in [3.05, 3.63) is 62.6 Å². The van der Waals surface area contributed by atoms with E-state index in [0.29, 0.717) is 19.5 Å². The Hall–Kier alpha value is -1.39. The second kappa shape index (κ2) is 12.7. The quantitative estimate of drug-likeness (QED) is 0.449. The summed E-state index contributed by atoms with van der Waals surface area (Å²) in [6.07, 6.45) is 2.35. The Morgan fingerprint density at radius 1 is 1.11 bits per heavy atom. The number of rotatable bonds is 10. The maximum Gasteiger partial charge on any atom is 0.246 e. The van der Waals surface area contributed by atoms with E-state index in [-0.39, 0.29) is 20.0 Å². The van der Waals surface area contributed by atoms with Gasteiger partial charge < -0.3 is 20.3 Å². The van der Waals surface area contributed by atoms with Crippen molar-refractivity contribution >= 4 is 50.5 Å². The first-order chi connectivity index (χ1) is 16.6. The Morgan fingerprint density at radius 3 is 2.31 bits per heavy atom. The molecule has 1 saturated heterocycles. The number of nitrogens with zero attached hydrogens (tertiary/aromatic N) is 1. The summed E-state index contributed by atoms with van der Waals surface area (Å²) in [6.45, 7) is 1.35. The van der Waals surface area contributed by atoms with E-state index in [9.17, 15) is 13.2 Å². The maximum absolute atomic E-state index is 13.6. The molecule has 2 atom stereocenters. The number of amides is 1. The fraction of sp³-hybridized carbons (Fsp3) is 0.458. The molecule has 1 aliphatic heterocycles. The molecule has 1 amide bonds. The van der Waals surface area contributed by atoms with E-state index in [0.717, 1.165) is 24.9 Å². The van der Waals surface area contributed by atoms with Gasteiger partial charge in [0.15, 0.2) is 5.44 Å². The summed E-state index contributed by atoms with van der Waals surface area (Å²) >= 11 is 18.4. The summed E-state index contributed by atoms with van der Waals surface area (Å²) in [5.41, 5.74) is 0.759. The Balaban J connectivity index is 1.69. The number of hydrogen-bond acceptors (Lipinski definition) is 6. The third-order valence-corrected chi connectivity index (χ3v) is 8.74. The summed E-state index contributed by atoms with van der Waals surface area (Å²) in [5, 5.41) is 6.02. The minimum Gasteiger partial charge on any atom is -0.350 e. The fourth-order valence-electron chi connectivity index (χ4n) is 3.99. The van der Waals surface area contributed by atoms with Crippen LogP contribution in [0.5, 0.6) is 0 Å². The fourth-order valence-corrected chi connectivity index (χ4v) is 7.26. The zero-order chi connectivity index (χ0) is 25.6. The molecule has 0 spiro atoms. The third-order valence-electron chi connectivity index (χ3n) is 5.62. The molecule has 2 aromatic rings. The molecule has 3 rings (SSSR count). The molecule has 0 saturated carbocycles. The smallest absolute Gasteiger partial charge is 0.246 e. The molecule has 1 heterocycles. The molecular weight excluding hydrogens is 533 g/mol. The summed E-state index contributed by atoms with van der Waals surface area (Å²) in [4.78, 5) is 14.4. The molecular formula is C24H30Cl3N3O4S. The van der Waals surface area contributed by atoms with E-state index in [1.54, 1.807) is 0 Å². The summed E-state index contributed by atoms with van der Waals surface area (Å²) in [7, 11) is -0.149. The van der Waals surface area contributed by atoms with E-state index in [4.69, 9.17) is 39.5 Å². The lowest BCUT2D eigenvalue weighted by Crippen LogP contribution is -2.49. The number of sulfone groups is 1. The van der Waals surface area contributed by atoms with Gasteiger partial charge in [-0.05, 0) is 56.7 Å². The van der Waals surface area contributed by atoms with Crippen molar-refractivity contribution < 1.29 is 17.9 Å². The normalized spacial score (nSPS) is 17.4. The number of nitrogens with one attached hydrogen (secondary N) is 2. The molecule has 0 bridgehead atoms. The second-order valence-corrected chi connectivity index (χ2v) is 12.0. The van der Waals surface area contributed by atoms with Crippen LogP contribution in [0, 0.1) is 0 Å². The Bertz CT molecular complexity index is 1100. The molecule has 2 N–H and O–H groups in total. The number of hydrogen-bond donors (Lipinski definition) is 2. The minimum atomic E-state index is -4.15. The second-order valence-electron chi connectivity index (χ2n) is 8.81. The molecule has 0 aliphatic carbocycles. The van der Waals surface area contributed by atoms with Crippen molar-refractivity contribution in [3.63, 3.8) is 0 Å². The van der Waals surface area contributed by atoms with Gasteiger partial charge in [0.2, 0.25) is 15.7 Å². The van der Waals surface area contributed by atoms with Crippen molar-refractivity contribution in [1.29, 1.82) is 0 Å². The average Bonchev–Trinajstić information content (AvgIpc) is 2.78. The van der Waals surface area contributed by atoms with Crippen molar-refractivity contribution in [2.24, 2.45) is 0 Å². The van der Waals surface area contributed by atoms with Crippen LogP contribution in [0.1, 0.15) is 30.4 Å². The van der Waals surface area contributed by atoms with Crippen LogP contribution in [0.15, 0.2) is 41.3 Å². The van der Waals surface area contributed by atoms with Crippen LogP contribution >= 0.6 is 34.8 Å². The highest BCUT2D eigenvalue weighted by Crippen LogP contribution is 2.36. The highest BCUT2D eigenvalue weighted by atomic mass is 35.5. The largest absolute Gasteiger partial charge is 0.350 e. The first-order valence-electron chi connectivity index (χ1n) is 11.3. The summed E-state index contributed by atoms with van der Waals surface area (Å²) in [5.74, 6) is -0.424. The number of benzene rings is 2. The van der Waals surface area contributed by atoms with E-state index >= 15 is 0 Å². The molecule has 1 fully saturated rings. The zero-order valence-electron chi connectivity index (χ0n) is 19.7. The van der Waals surface area contributed by atoms with Crippen LogP contribution in [-0.4, -0.2) is 57.9 Å². The Morgan fingerprint density at radius 2 is 1.74 bits per heavy atom. The first kappa shape index (κ1) is 28.2. The van der Waals surface area contributed by atoms with Gasteiger partial charge in [-0.15, -0.1) is 0 Å². The number of ether oxygens (including phenoxy) is 1. The Kier molecular flexibility index (Phi) is 10.2. The molecule has 0 aromatic heterocycles. The summed E-state index contributed by atoms with van der Waals surface area (Å²) < 4.78 is 32.9. The van der Waals surface area contributed by atoms with Gasteiger partial charge in [-0.2, -0.15) is 0 Å². The van der Waals surface area contributed by atoms with E-state index in [1.807, 2.05) is 38.4 Å². The van der Waals surface area contributed by atoms with Gasteiger partial charge >= 0.3 is 0 Å². The number of piperidine rings is 1. The summed E-state index contributed by atoms with van der Waals surface area (Å²) in [6, 6.07) is 10.1. The molecule has 35 heavy (non-hydrogen) atoms. The molecule has 2 aromatic carbocycles. The molecule has 1 aliphatic rings. The SMILES string of the molecule is CN(C)Cc1ccc(CNC(=O)COC(C2CCCCN2)S(=O)(=O)c2c(Cl)cc(Cl)cc2Cl)cc1. The molecule has 7 nitrogen and oxygen atoms in total. The van der Waals surface area contributed by atoms with E-state index < -0.39 is 33.8 Å².